The Labute approximate surface area is 148 Å². The summed E-state index contributed by atoms with van der Waals surface area (Å²) in [4.78, 5) is 0. The first-order valence-electron chi connectivity index (χ1n) is 8.08. The van der Waals surface area contributed by atoms with E-state index in [1.807, 2.05) is 43.3 Å². The predicted molar refractivity (Wildman–Crippen MR) is 95.8 cm³/mol. The summed E-state index contributed by atoms with van der Waals surface area (Å²) in [5.41, 5.74) is 1.96. The zero-order valence-electron chi connectivity index (χ0n) is 15.0. The standard InChI is InChI=1S/C20H23NO4/c1-5-25-20-13-15(7-9-18(20)23-3)16(10-11-21)14-6-8-17(22-2)19(12-14)24-4/h6-9,12-13,16H,5,10H2,1-4H3. The highest BCUT2D eigenvalue weighted by Crippen LogP contribution is 2.38. The van der Waals surface area contributed by atoms with Crippen LogP contribution < -0.4 is 18.9 Å². The van der Waals surface area contributed by atoms with Crippen LogP contribution in [-0.4, -0.2) is 27.9 Å². The van der Waals surface area contributed by atoms with Gasteiger partial charge in [-0.25, -0.2) is 0 Å². The van der Waals surface area contributed by atoms with Crippen LogP contribution in [0.3, 0.4) is 0 Å². The Morgan fingerprint density at radius 2 is 1.36 bits per heavy atom. The SMILES string of the molecule is CCOc1cc(C(CC#N)c2ccc(OC)c(OC)c2)ccc1OC. The number of rotatable bonds is 8. The van der Waals surface area contributed by atoms with Gasteiger partial charge < -0.3 is 18.9 Å². The Morgan fingerprint density at radius 1 is 0.840 bits per heavy atom. The van der Waals surface area contributed by atoms with Crippen LogP contribution in [-0.2, 0) is 0 Å². The molecule has 0 heterocycles. The average Bonchev–Trinajstić information content (AvgIpc) is 2.65. The van der Waals surface area contributed by atoms with Crippen molar-refractivity contribution >= 4 is 0 Å². The van der Waals surface area contributed by atoms with Gasteiger partial charge >= 0.3 is 0 Å². The average molecular weight is 341 g/mol. The molecule has 0 fully saturated rings. The van der Waals surface area contributed by atoms with Crippen LogP contribution in [0.1, 0.15) is 30.4 Å². The van der Waals surface area contributed by atoms with Gasteiger partial charge in [0.15, 0.2) is 23.0 Å². The topological polar surface area (TPSA) is 60.7 Å². The molecular weight excluding hydrogens is 318 g/mol. The van der Waals surface area contributed by atoms with Gasteiger partial charge in [-0.05, 0) is 42.3 Å². The zero-order valence-corrected chi connectivity index (χ0v) is 15.0. The minimum Gasteiger partial charge on any atom is -0.493 e. The molecule has 132 valence electrons. The number of hydrogen-bond donors (Lipinski definition) is 0. The maximum Gasteiger partial charge on any atom is 0.161 e. The molecule has 2 aromatic rings. The quantitative estimate of drug-likeness (QED) is 0.721. The van der Waals surface area contributed by atoms with Crippen LogP contribution in [0.15, 0.2) is 36.4 Å². The first-order chi connectivity index (χ1) is 12.2. The summed E-state index contributed by atoms with van der Waals surface area (Å²) in [6.45, 7) is 2.46. The fourth-order valence-corrected chi connectivity index (χ4v) is 2.77. The number of ether oxygens (including phenoxy) is 4. The molecule has 0 saturated carbocycles. The first kappa shape index (κ1) is 18.5. The summed E-state index contributed by atoms with van der Waals surface area (Å²) in [7, 11) is 4.81. The molecule has 0 saturated heterocycles. The second-order valence-electron chi connectivity index (χ2n) is 5.37. The van der Waals surface area contributed by atoms with Crippen LogP contribution >= 0.6 is 0 Å². The summed E-state index contributed by atoms with van der Waals surface area (Å²) < 4.78 is 21.7. The molecule has 0 aliphatic rings. The zero-order chi connectivity index (χ0) is 18.2. The van der Waals surface area contributed by atoms with Crippen molar-refractivity contribution in [3.05, 3.63) is 47.5 Å². The smallest absolute Gasteiger partial charge is 0.161 e. The van der Waals surface area contributed by atoms with Crippen molar-refractivity contribution in [1.82, 2.24) is 0 Å². The summed E-state index contributed by atoms with van der Waals surface area (Å²) in [6, 6.07) is 13.7. The fourth-order valence-electron chi connectivity index (χ4n) is 2.77. The van der Waals surface area contributed by atoms with Crippen molar-refractivity contribution in [2.45, 2.75) is 19.3 Å². The van der Waals surface area contributed by atoms with Crippen LogP contribution in [0.4, 0.5) is 0 Å². The Balaban J connectivity index is 2.48. The number of methoxy groups -OCH3 is 3. The van der Waals surface area contributed by atoms with Gasteiger partial charge in [0.05, 0.1) is 34.0 Å². The van der Waals surface area contributed by atoms with Crippen molar-refractivity contribution in [3.8, 4) is 29.1 Å². The molecule has 0 spiro atoms. The van der Waals surface area contributed by atoms with Gasteiger partial charge in [0.1, 0.15) is 0 Å². The van der Waals surface area contributed by atoms with E-state index >= 15 is 0 Å². The fraction of sp³-hybridized carbons (Fsp3) is 0.350. The molecule has 0 N–H and O–H groups in total. The number of benzene rings is 2. The van der Waals surface area contributed by atoms with Crippen LogP contribution in [0, 0.1) is 11.3 Å². The van der Waals surface area contributed by atoms with E-state index in [1.54, 1.807) is 21.3 Å². The van der Waals surface area contributed by atoms with Crippen molar-refractivity contribution < 1.29 is 18.9 Å². The van der Waals surface area contributed by atoms with Gasteiger partial charge in [0.2, 0.25) is 0 Å². The first-order valence-corrected chi connectivity index (χ1v) is 8.08. The number of hydrogen-bond acceptors (Lipinski definition) is 5. The molecule has 0 radical (unpaired) electrons. The van der Waals surface area contributed by atoms with Gasteiger partial charge in [-0.1, -0.05) is 12.1 Å². The lowest BCUT2D eigenvalue weighted by atomic mass is 9.88. The Hall–Kier alpha value is -2.87. The van der Waals surface area contributed by atoms with E-state index in [2.05, 4.69) is 6.07 Å². The lowest BCUT2D eigenvalue weighted by Crippen LogP contribution is -2.03. The molecule has 25 heavy (non-hydrogen) atoms. The molecule has 0 aliphatic carbocycles. The molecule has 0 bridgehead atoms. The Morgan fingerprint density at radius 3 is 1.84 bits per heavy atom. The van der Waals surface area contributed by atoms with E-state index < -0.39 is 0 Å². The molecule has 2 aromatic carbocycles. The van der Waals surface area contributed by atoms with E-state index in [-0.39, 0.29) is 5.92 Å². The Kier molecular flexibility index (Phi) is 6.53. The second-order valence-corrected chi connectivity index (χ2v) is 5.37. The van der Waals surface area contributed by atoms with Crippen LogP contribution in [0.5, 0.6) is 23.0 Å². The molecule has 0 aliphatic heterocycles. The molecule has 0 aromatic heterocycles. The molecule has 1 atom stereocenters. The van der Waals surface area contributed by atoms with Gasteiger partial charge in [0, 0.05) is 12.3 Å². The summed E-state index contributed by atoms with van der Waals surface area (Å²) >= 11 is 0. The van der Waals surface area contributed by atoms with Crippen molar-refractivity contribution in [1.29, 1.82) is 5.26 Å². The third-order valence-corrected chi connectivity index (χ3v) is 4.00. The minimum atomic E-state index is -0.102. The minimum absolute atomic E-state index is 0.102. The maximum absolute atomic E-state index is 9.30. The highest BCUT2D eigenvalue weighted by Gasteiger charge is 2.18. The maximum atomic E-state index is 9.30. The van der Waals surface area contributed by atoms with Crippen molar-refractivity contribution in [2.75, 3.05) is 27.9 Å². The van der Waals surface area contributed by atoms with E-state index in [4.69, 9.17) is 18.9 Å². The number of nitriles is 1. The second kappa shape index (κ2) is 8.84. The molecule has 0 amide bonds. The van der Waals surface area contributed by atoms with Crippen LogP contribution in [0.2, 0.25) is 0 Å². The molecular formula is C20H23NO4. The highest BCUT2D eigenvalue weighted by molar-refractivity contribution is 5.49. The highest BCUT2D eigenvalue weighted by atomic mass is 16.5. The molecule has 2 rings (SSSR count). The van der Waals surface area contributed by atoms with Gasteiger partial charge in [-0.3, -0.25) is 0 Å². The van der Waals surface area contributed by atoms with Crippen molar-refractivity contribution in [2.24, 2.45) is 0 Å². The van der Waals surface area contributed by atoms with E-state index in [0.29, 0.717) is 36.0 Å². The van der Waals surface area contributed by atoms with Crippen LogP contribution in [0.25, 0.3) is 0 Å². The Bertz CT molecular complexity index is 752. The normalized spacial score (nSPS) is 11.3. The summed E-state index contributed by atoms with van der Waals surface area (Å²) in [5, 5.41) is 9.30. The molecule has 1 unspecified atom stereocenters. The summed E-state index contributed by atoms with van der Waals surface area (Å²) in [5.74, 6) is 2.54. The predicted octanol–water partition coefficient (Wildman–Crippen LogP) is 4.16. The van der Waals surface area contributed by atoms with Gasteiger partial charge in [-0.2, -0.15) is 5.26 Å². The molecule has 5 heteroatoms. The third-order valence-electron chi connectivity index (χ3n) is 4.00. The van der Waals surface area contributed by atoms with Crippen molar-refractivity contribution in [3.63, 3.8) is 0 Å². The monoisotopic (exact) mass is 341 g/mol. The largest absolute Gasteiger partial charge is 0.493 e. The van der Waals surface area contributed by atoms with E-state index in [9.17, 15) is 5.26 Å². The lowest BCUT2D eigenvalue weighted by Gasteiger charge is -2.19. The van der Waals surface area contributed by atoms with E-state index in [0.717, 1.165) is 11.1 Å². The molecule has 5 nitrogen and oxygen atoms in total. The lowest BCUT2D eigenvalue weighted by molar-refractivity contribution is 0.310. The number of nitrogens with zero attached hydrogens (tertiary/aromatic N) is 1. The van der Waals surface area contributed by atoms with E-state index in [1.165, 1.54) is 0 Å². The van der Waals surface area contributed by atoms with Gasteiger partial charge in [-0.15, -0.1) is 0 Å². The van der Waals surface area contributed by atoms with Gasteiger partial charge in [0.25, 0.3) is 0 Å². The summed E-state index contributed by atoms with van der Waals surface area (Å²) in [6.07, 6.45) is 0.341. The third kappa shape index (κ3) is 4.16.